The predicted molar refractivity (Wildman–Crippen MR) is 69.6 cm³/mol. The second-order valence-electron chi connectivity index (χ2n) is 4.55. The largest absolute Gasteiger partial charge is 0.310 e. The molecule has 0 fully saturated rings. The summed E-state index contributed by atoms with van der Waals surface area (Å²) in [6, 6.07) is 4.76. The van der Waals surface area contributed by atoms with Gasteiger partial charge >= 0.3 is 0 Å². The van der Waals surface area contributed by atoms with Gasteiger partial charge in [-0.1, -0.05) is 33.3 Å². The van der Waals surface area contributed by atoms with Crippen LogP contribution in [0, 0.1) is 19.8 Å². The number of rotatable bonds is 5. The van der Waals surface area contributed by atoms with Crippen molar-refractivity contribution in [3.8, 4) is 0 Å². The molecule has 2 atom stereocenters. The van der Waals surface area contributed by atoms with Gasteiger partial charge in [0.25, 0.3) is 0 Å². The smallest absolute Gasteiger partial charge is 0.0423 e. The summed E-state index contributed by atoms with van der Waals surface area (Å²) < 4.78 is 0. The molecule has 1 heterocycles. The van der Waals surface area contributed by atoms with E-state index >= 15 is 0 Å². The van der Waals surface area contributed by atoms with Crippen LogP contribution >= 0.6 is 0 Å². The lowest BCUT2D eigenvalue weighted by Gasteiger charge is -2.25. The van der Waals surface area contributed by atoms with E-state index in [1.54, 1.807) is 0 Å². The standard InChI is InChI=1S/C14H24N2/c1-6-10(3)14(15-7-2)13-9-8-11(4)16-12(13)5/h8-10,14-15H,6-7H2,1-5H3. The molecule has 0 aromatic carbocycles. The van der Waals surface area contributed by atoms with Crippen LogP contribution in [-0.4, -0.2) is 11.5 Å². The van der Waals surface area contributed by atoms with Gasteiger partial charge in [0.2, 0.25) is 0 Å². The maximum atomic E-state index is 4.55. The molecule has 1 aromatic rings. The zero-order valence-corrected chi connectivity index (χ0v) is 11.2. The number of nitrogens with zero attached hydrogens (tertiary/aromatic N) is 1. The Morgan fingerprint density at radius 3 is 2.44 bits per heavy atom. The summed E-state index contributed by atoms with van der Waals surface area (Å²) in [5.74, 6) is 0.642. The van der Waals surface area contributed by atoms with Gasteiger partial charge in [-0.15, -0.1) is 0 Å². The van der Waals surface area contributed by atoms with Crippen LogP contribution in [0.25, 0.3) is 0 Å². The van der Waals surface area contributed by atoms with Gasteiger partial charge in [0.1, 0.15) is 0 Å². The number of nitrogens with one attached hydrogen (secondary N) is 1. The number of hydrogen-bond donors (Lipinski definition) is 1. The Balaban J connectivity index is 3.00. The van der Waals surface area contributed by atoms with Crippen molar-refractivity contribution in [3.63, 3.8) is 0 Å². The Morgan fingerprint density at radius 1 is 1.25 bits per heavy atom. The molecule has 0 radical (unpaired) electrons. The van der Waals surface area contributed by atoms with Crippen LogP contribution in [0.3, 0.4) is 0 Å². The van der Waals surface area contributed by atoms with Crippen molar-refractivity contribution in [2.45, 2.75) is 47.1 Å². The fourth-order valence-electron chi connectivity index (χ4n) is 2.10. The van der Waals surface area contributed by atoms with Crippen molar-refractivity contribution < 1.29 is 0 Å². The quantitative estimate of drug-likeness (QED) is 0.822. The van der Waals surface area contributed by atoms with Gasteiger partial charge in [0.05, 0.1) is 0 Å². The molecule has 0 amide bonds. The molecule has 1 N–H and O–H groups in total. The van der Waals surface area contributed by atoms with Gasteiger partial charge < -0.3 is 5.32 Å². The first-order chi connectivity index (χ1) is 7.60. The first-order valence-electron chi connectivity index (χ1n) is 6.27. The minimum Gasteiger partial charge on any atom is -0.310 e. The highest BCUT2D eigenvalue weighted by Crippen LogP contribution is 2.26. The molecule has 90 valence electrons. The van der Waals surface area contributed by atoms with E-state index in [1.165, 1.54) is 12.0 Å². The number of hydrogen-bond acceptors (Lipinski definition) is 2. The van der Waals surface area contributed by atoms with Gasteiger partial charge in [0, 0.05) is 17.4 Å². The van der Waals surface area contributed by atoms with E-state index in [0.29, 0.717) is 12.0 Å². The molecule has 0 saturated heterocycles. The minimum atomic E-state index is 0.433. The Bertz CT molecular complexity index is 334. The first kappa shape index (κ1) is 13.2. The lowest BCUT2D eigenvalue weighted by atomic mass is 9.91. The van der Waals surface area contributed by atoms with Gasteiger partial charge in [0.15, 0.2) is 0 Å². The lowest BCUT2D eigenvalue weighted by molar-refractivity contribution is 0.381. The van der Waals surface area contributed by atoms with E-state index in [-0.39, 0.29) is 0 Å². The molecule has 2 unspecified atom stereocenters. The zero-order valence-electron chi connectivity index (χ0n) is 11.2. The monoisotopic (exact) mass is 220 g/mol. The highest BCUT2D eigenvalue weighted by atomic mass is 14.9. The lowest BCUT2D eigenvalue weighted by Crippen LogP contribution is -2.27. The molecular formula is C14H24N2. The van der Waals surface area contributed by atoms with E-state index in [9.17, 15) is 0 Å². The highest BCUT2D eigenvalue weighted by molar-refractivity contribution is 5.25. The maximum Gasteiger partial charge on any atom is 0.0423 e. The van der Waals surface area contributed by atoms with E-state index in [0.717, 1.165) is 17.9 Å². The van der Waals surface area contributed by atoms with E-state index in [4.69, 9.17) is 0 Å². The normalized spacial score (nSPS) is 14.8. The third-order valence-electron chi connectivity index (χ3n) is 3.24. The molecule has 1 aromatic heterocycles. The second kappa shape index (κ2) is 6.00. The van der Waals surface area contributed by atoms with Gasteiger partial charge in [-0.25, -0.2) is 0 Å². The van der Waals surface area contributed by atoms with Gasteiger partial charge in [-0.3, -0.25) is 4.98 Å². The van der Waals surface area contributed by atoms with Gasteiger partial charge in [-0.05, 0) is 37.9 Å². The molecule has 0 aliphatic heterocycles. The second-order valence-corrected chi connectivity index (χ2v) is 4.55. The molecule has 0 bridgehead atoms. The van der Waals surface area contributed by atoms with Crippen molar-refractivity contribution in [2.75, 3.05) is 6.54 Å². The van der Waals surface area contributed by atoms with Crippen molar-refractivity contribution >= 4 is 0 Å². The summed E-state index contributed by atoms with van der Waals surface area (Å²) in [5, 5.41) is 3.57. The van der Waals surface area contributed by atoms with E-state index in [1.807, 2.05) is 6.92 Å². The first-order valence-corrected chi connectivity index (χ1v) is 6.27. The van der Waals surface area contributed by atoms with Crippen LogP contribution in [-0.2, 0) is 0 Å². The molecule has 0 aliphatic rings. The molecule has 0 aliphatic carbocycles. The summed E-state index contributed by atoms with van der Waals surface area (Å²) in [7, 11) is 0. The molecule has 2 heteroatoms. The van der Waals surface area contributed by atoms with Crippen molar-refractivity contribution in [2.24, 2.45) is 5.92 Å². The maximum absolute atomic E-state index is 4.55. The molecule has 1 rings (SSSR count). The van der Waals surface area contributed by atoms with Crippen molar-refractivity contribution in [1.82, 2.24) is 10.3 Å². The Kier molecular flexibility index (Phi) is 4.94. The summed E-state index contributed by atoms with van der Waals surface area (Å²) in [5.41, 5.74) is 3.61. The minimum absolute atomic E-state index is 0.433. The summed E-state index contributed by atoms with van der Waals surface area (Å²) in [4.78, 5) is 4.55. The van der Waals surface area contributed by atoms with E-state index in [2.05, 4.69) is 50.1 Å². The molecule has 16 heavy (non-hydrogen) atoms. The molecule has 0 saturated carbocycles. The van der Waals surface area contributed by atoms with Crippen LogP contribution in [0.15, 0.2) is 12.1 Å². The molecule has 2 nitrogen and oxygen atoms in total. The van der Waals surface area contributed by atoms with E-state index < -0.39 is 0 Å². The number of aryl methyl sites for hydroxylation is 2. The summed E-state index contributed by atoms with van der Waals surface area (Å²) in [6.45, 7) is 11.9. The van der Waals surface area contributed by atoms with Crippen LogP contribution in [0.4, 0.5) is 0 Å². The fraction of sp³-hybridized carbons (Fsp3) is 0.643. The molecular weight excluding hydrogens is 196 g/mol. The predicted octanol–water partition coefficient (Wildman–Crippen LogP) is 3.40. The Morgan fingerprint density at radius 2 is 1.94 bits per heavy atom. The van der Waals surface area contributed by atoms with Crippen molar-refractivity contribution in [3.05, 3.63) is 29.1 Å². The Hall–Kier alpha value is -0.890. The highest BCUT2D eigenvalue weighted by Gasteiger charge is 2.18. The third kappa shape index (κ3) is 3.05. The van der Waals surface area contributed by atoms with Crippen LogP contribution in [0.5, 0.6) is 0 Å². The average molecular weight is 220 g/mol. The van der Waals surface area contributed by atoms with Gasteiger partial charge in [-0.2, -0.15) is 0 Å². The average Bonchev–Trinajstić information content (AvgIpc) is 2.26. The van der Waals surface area contributed by atoms with Crippen LogP contribution in [0.2, 0.25) is 0 Å². The summed E-state index contributed by atoms with van der Waals surface area (Å²) >= 11 is 0. The molecule has 0 spiro atoms. The third-order valence-corrected chi connectivity index (χ3v) is 3.24. The number of aromatic nitrogens is 1. The topological polar surface area (TPSA) is 24.9 Å². The van der Waals surface area contributed by atoms with Crippen molar-refractivity contribution in [1.29, 1.82) is 0 Å². The SMILES string of the molecule is CCNC(c1ccc(C)nc1C)C(C)CC. The fourth-order valence-corrected chi connectivity index (χ4v) is 2.10. The zero-order chi connectivity index (χ0) is 12.1. The number of pyridine rings is 1. The Labute approximate surface area is 99.5 Å². The van der Waals surface area contributed by atoms with Crippen LogP contribution in [0.1, 0.15) is 50.2 Å². The van der Waals surface area contributed by atoms with Crippen LogP contribution < -0.4 is 5.32 Å². The summed E-state index contributed by atoms with van der Waals surface area (Å²) in [6.07, 6.45) is 1.19.